The molecular weight excluding hydrogens is 350 g/mol. The lowest BCUT2D eigenvalue weighted by molar-refractivity contribution is -0.384. The molecule has 0 aromatic heterocycles. The summed E-state index contributed by atoms with van der Waals surface area (Å²) >= 11 is 3.09. The van der Waals surface area contributed by atoms with Gasteiger partial charge in [0.2, 0.25) is 0 Å². The van der Waals surface area contributed by atoms with Crippen molar-refractivity contribution in [3.8, 4) is 0 Å². The van der Waals surface area contributed by atoms with Crippen molar-refractivity contribution in [2.24, 2.45) is 0 Å². The molecule has 0 unspecified atom stereocenters. The monoisotopic (exact) mass is 356 g/mol. The Morgan fingerprint density at radius 2 is 1.76 bits per heavy atom. The normalized spacial score (nSPS) is 10.2. The molecule has 8 heteroatoms. The first kappa shape index (κ1) is 15.0. The topological polar surface area (TPSA) is 72.2 Å². The Hall–Kier alpha value is -2.35. The Kier molecular flexibility index (Phi) is 4.27. The summed E-state index contributed by atoms with van der Waals surface area (Å²) in [5, 5.41) is 13.0. The maximum absolute atomic E-state index is 13.0. The van der Waals surface area contributed by atoms with Crippen LogP contribution in [0.2, 0.25) is 0 Å². The van der Waals surface area contributed by atoms with Crippen LogP contribution >= 0.6 is 15.9 Å². The molecule has 0 aliphatic heterocycles. The molecule has 2 aromatic rings. The van der Waals surface area contributed by atoms with Gasteiger partial charge < -0.3 is 5.32 Å². The highest BCUT2D eigenvalue weighted by Crippen LogP contribution is 2.24. The van der Waals surface area contributed by atoms with E-state index < -0.39 is 22.5 Å². The van der Waals surface area contributed by atoms with Crippen LogP contribution in [0.15, 0.2) is 40.9 Å². The zero-order valence-corrected chi connectivity index (χ0v) is 11.9. The second kappa shape index (κ2) is 5.96. The van der Waals surface area contributed by atoms with Crippen LogP contribution in [0.4, 0.5) is 20.2 Å². The Labute approximate surface area is 125 Å². The number of nitro groups is 1. The molecule has 0 fully saturated rings. The highest BCUT2D eigenvalue weighted by molar-refractivity contribution is 9.10. The number of carbonyl (C=O) groups excluding carboxylic acids is 1. The molecule has 0 radical (unpaired) electrons. The first-order valence-corrected chi connectivity index (χ1v) is 6.37. The van der Waals surface area contributed by atoms with Gasteiger partial charge in [-0.1, -0.05) is 0 Å². The molecule has 21 heavy (non-hydrogen) atoms. The average Bonchev–Trinajstić information content (AvgIpc) is 2.37. The first-order valence-electron chi connectivity index (χ1n) is 5.58. The quantitative estimate of drug-likeness (QED) is 0.669. The van der Waals surface area contributed by atoms with E-state index in [2.05, 4.69) is 21.2 Å². The minimum atomic E-state index is -0.844. The number of nitro benzene ring substituents is 1. The lowest BCUT2D eigenvalue weighted by Crippen LogP contribution is -2.13. The molecule has 0 aliphatic rings. The van der Waals surface area contributed by atoms with Gasteiger partial charge in [0.15, 0.2) is 0 Å². The Bertz CT molecular complexity index is 717. The lowest BCUT2D eigenvalue weighted by atomic mass is 10.2. The van der Waals surface area contributed by atoms with Crippen LogP contribution in [-0.2, 0) is 0 Å². The van der Waals surface area contributed by atoms with Crippen molar-refractivity contribution in [1.29, 1.82) is 0 Å². The molecular formula is C13H7BrF2N2O3. The van der Waals surface area contributed by atoms with E-state index in [0.717, 1.165) is 18.2 Å². The van der Waals surface area contributed by atoms with Crippen molar-refractivity contribution in [1.82, 2.24) is 0 Å². The van der Waals surface area contributed by atoms with E-state index in [-0.39, 0.29) is 16.9 Å². The summed E-state index contributed by atoms with van der Waals surface area (Å²) in [5.41, 5.74) is -0.376. The number of hydrogen-bond donors (Lipinski definition) is 1. The van der Waals surface area contributed by atoms with Crippen LogP contribution in [-0.4, -0.2) is 10.8 Å². The molecule has 0 saturated carbocycles. The largest absolute Gasteiger partial charge is 0.322 e. The maximum atomic E-state index is 13.0. The van der Waals surface area contributed by atoms with Crippen molar-refractivity contribution in [3.05, 3.63) is 68.2 Å². The number of nitrogens with zero attached hydrogens (tertiary/aromatic N) is 1. The van der Waals surface area contributed by atoms with Gasteiger partial charge in [0, 0.05) is 28.4 Å². The number of non-ortho nitro benzene ring substituents is 1. The van der Waals surface area contributed by atoms with Crippen LogP contribution in [0.5, 0.6) is 0 Å². The number of carbonyl (C=O) groups is 1. The summed E-state index contributed by atoms with van der Waals surface area (Å²) in [6.45, 7) is 0. The van der Waals surface area contributed by atoms with Crippen LogP contribution < -0.4 is 5.32 Å². The van der Waals surface area contributed by atoms with Gasteiger partial charge in [0.05, 0.1) is 10.5 Å². The van der Waals surface area contributed by atoms with Gasteiger partial charge in [-0.2, -0.15) is 0 Å². The Balaban J connectivity index is 2.31. The number of amides is 1. The molecule has 0 spiro atoms. The zero-order valence-electron chi connectivity index (χ0n) is 10.3. The third kappa shape index (κ3) is 3.60. The summed E-state index contributed by atoms with van der Waals surface area (Å²) in [5.74, 6) is -2.41. The third-order valence-electron chi connectivity index (χ3n) is 2.53. The predicted molar refractivity (Wildman–Crippen MR) is 75.1 cm³/mol. The van der Waals surface area contributed by atoms with E-state index in [1.807, 2.05) is 0 Å². The van der Waals surface area contributed by atoms with Gasteiger partial charge in [-0.05, 0) is 34.1 Å². The SMILES string of the molecule is O=C(Nc1cc(F)cc(F)c1)c1cc([N+](=O)[O-])ccc1Br. The number of hydrogen-bond acceptors (Lipinski definition) is 3. The van der Waals surface area contributed by atoms with E-state index in [1.54, 1.807) is 0 Å². The summed E-state index contributed by atoms with van der Waals surface area (Å²) in [6.07, 6.45) is 0. The molecule has 1 amide bonds. The zero-order chi connectivity index (χ0) is 15.6. The van der Waals surface area contributed by atoms with Gasteiger partial charge in [-0.25, -0.2) is 8.78 Å². The van der Waals surface area contributed by atoms with E-state index in [9.17, 15) is 23.7 Å². The summed E-state index contributed by atoms with van der Waals surface area (Å²) in [7, 11) is 0. The molecule has 1 N–H and O–H groups in total. The van der Waals surface area contributed by atoms with Crippen molar-refractivity contribution >= 4 is 33.2 Å². The van der Waals surface area contributed by atoms with Crippen molar-refractivity contribution in [2.45, 2.75) is 0 Å². The average molecular weight is 357 g/mol. The highest BCUT2D eigenvalue weighted by Gasteiger charge is 2.16. The van der Waals surface area contributed by atoms with E-state index >= 15 is 0 Å². The van der Waals surface area contributed by atoms with Gasteiger partial charge in [0.1, 0.15) is 11.6 Å². The standard InChI is InChI=1S/C13H7BrF2N2O3/c14-12-2-1-10(18(20)21)6-11(12)13(19)17-9-4-7(15)3-8(16)5-9/h1-6H,(H,17,19). The minimum absolute atomic E-state index is 0.0196. The highest BCUT2D eigenvalue weighted by atomic mass is 79.9. The number of halogens is 3. The van der Waals surface area contributed by atoms with E-state index in [1.165, 1.54) is 12.1 Å². The molecule has 108 valence electrons. The molecule has 0 bridgehead atoms. The molecule has 5 nitrogen and oxygen atoms in total. The van der Waals surface area contributed by atoms with Gasteiger partial charge in [-0.15, -0.1) is 0 Å². The summed E-state index contributed by atoms with van der Waals surface area (Å²) in [6, 6.07) is 6.18. The van der Waals surface area contributed by atoms with Gasteiger partial charge >= 0.3 is 0 Å². The van der Waals surface area contributed by atoms with Crippen molar-refractivity contribution in [2.75, 3.05) is 5.32 Å². The van der Waals surface area contributed by atoms with E-state index in [0.29, 0.717) is 10.5 Å². The second-order valence-corrected chi connectivity index (χ2v) is 4.89. The van der Waals surface area contributed by atoms with Crippen LogP contribution in [0.1, 0.15) is 10.4 Å². The summed E-state index contributed by atoms with van der Waals surface area (Å²) in [4.78, 5) is 22.1. The fourth-order valence-corrected chi connectivity index (χ4v) is 2.05. The van der Waals surface area contributed by atoms with Crippen LogP contribution in [0.25, 0.3) is 0 Å². The molecule has 0 saturated heterocycles. The number of rotatable bonds is 3. The van der Waals surface area contributed by atoms with Gasteiger partial charge in [-0.3, -0.25) is 14.9 Å². The molecule has 2 rings (SSSR count). The molecule has 2 aromatic carbocycles. The minimum Gasteiger partial charge on any atom is -0.322 e. The lowest BCUT2D eigenvalue weighted by Gasteiger charge is -2.07. The van der Waals surface area contributed by atoms with Crippen molar-refractivity contribution in [3.63, 3.8) is 0 Å². The molecule has 0 aliphatic carbocycles. The molecule has 0 heterocycles. The number of benzene rings is 2. The first-order chi connectivity index (χ1) is 9.86. The summed E-state index contributed by atoms with van der Waals surface area (Å²) < 4.78 is 26.4. The maximum Gasteiger partial charge on any atom is 0.270 e. The van der Waals surface area contributed by atoms with Crippen LogP contribution in [0.3, 0.4) is 0 Å². The van der Waals surface area contributed by atoms with Crippen LogP contribution in [0, 0.1) is 21.7 Å². The fourth-order valence-electron chi connectivity index (χ4n) is 1.63. The van der Waals surface area contributed by atoms with Gasteiger partial charge in [0.25, 0.3) is 11.6 Å². The number of anilines is 1. The second-order valence-electron chi connectivity index (χ2n) is 4.03. The fraction of sp³-hybridized carbons (Fsp3) is 0. The van der Waals surface area contributed by atoms with E-state index in [4.69, 9.17) is 0 Å². The number of nitrogens with one attached hydrogen (secondary N) is 1. The third-order valence-corrected chi connectivity index (χ3v) is 3.22. The Morgan fingerprint density at radius 3 is 2.33 bits per heavy atom. The smallest absolute Gasteiger partial charge is 0.270 e. The predicted octanol–water partition coefficient (Wildman–Crippen LogP) is 3.89. The molecule has 0 atom stereocenters. The van der Waals surface area contributed by atoms with Crippen molar-refractivity contribution < 1.29 is 18.5 Å². The Morgan fingerprint density at radius 1 is 1.14 bits per heavy atom.